The minimum Gasteiger partial charge on any atom is -0.478 e. The van der Waals surface area contributed by atoms with Crippen molar-refractivity contribution < 1.29 is 14.6 Å². The van der Waals surface area contributed by atoms with Crippen molar-refractivity contribution in [3.05, 3.63) is 42.4 Å². The van der Waals surface area contributed by atoms with E-state index >= 15 is 0 Å². The van der Waals surface area contributed by atoms with Crippen LogP contribution in [0.4, 0.5) is 5.95 Å². The molecular formula is C17H15ClN4O3. The quantitative estimate of drug-likeness (QED) is 0.775. The number of aromatic carboxylic acids is 1. The van der Waals surface area contributed by atoms with Crippen LogP contribution >= 0.6 is 11.8 Å². The highest BCUT2D eigenvalue weighted by Crippen LogP contribution is 2.28. The summed E-state index contributed by atoms with van der Waals surface area (Å²) in [4.78, 5) is 22.3. The number of morpholine rings is 1. The normalized spacial score (nSPS) is 14.8. The SMILES string of the molecule is O=C(O)c1cn(Cl)c2ccc(-c3cnc(N4CCOCC4)nc3)cc12. The van der Waals surface area contributed by atoms with Crippen LogP contribution in [0.2, 0.25) is 0 Å². The number of fused-ring (bicyclic) bond motifs is 1. The maximum Gasteiger partial charge on any atom is 0.337 e. The lowest BCUT2D eigenvalue weighted by Gasteiger charge is -2.26. The highest BCUT2D eigenvalue weighted by molar-refractivity contribution is 6.21. The molecule has 0 spiro atoms. The molecule has 1 fully saturated rings. The van der Waals surface area contributed by atoms with Crippen LogP contribution in [0.15, 0.2) is 36.8 Å². The van der Waals surface area contributed by atoms with Gasteiger partial charge < -0.3 is 14.7 Å². The summed E-state index contributed by atoms with van der Waals surface area (Å²) in [6.07, 6.45) is 4.89. The number of ether oxygens (including phenoxy) is 1. The highest BCUT2D eigenvalue weighted by Gasteiger charge is 2.16. The molecule has 0 atom stereocenters. The molecule has 0 saturated carbocycles. The fraction of sp³-hybridized carbons (Fsp3) is 0.235. The maximum atomic E-state index is 11.4. The third-order valence-corrected chi connectivity index (χ3v) is 4.53. The van der Waals surface area contributed by atoms with Gasteiger partial charge in [-0.2, -0.15) is 0 Å². The molecule has 0 aliphatic carbocycles. The van der Waals surface area contributed by atoms with Gasteiger partial charge in [0.1, 0.15) is 0 Å². The van der Waals surface area contributed by atoms with Gasteiger partial charge in [0.2, 0.25) is 5.95 Å². The molecule has 4 rings (SSSR count). The molecular weight excluding hydrogens is 344 g/mol. The zero-order valence-corrected chi connectivity index (χ0v) is 14.0. The molecule has 0 amide bonds. The third-order valence-electron chi connectivity index (χ3n) is 4.26. The second kappa shape index (κ2) is 6.34. The Bertz CT molecular complexity index is 933. The molecule has 3 aromatic rings. The van der Waals surface area contributed by atoms with E-state index in [0.29, 0.717) is 30.1 Å². The first-order chi connectivity index (χ1) is 12.1. The molecule has 0 bridgehead atoms. The molecule has 7 nitrogen and oxygen atoms in total. The minimum atomic E-state index is -1.01. The van der Waals surface area contributed by atoms with Crippen molar-refractivity contribution in [1.29, 1.82) is 0 Å². The second-order valence-electron chi connectivity index (χ2n) is 5.76. The largest absolute Gasteiger partial charge is 0.478 e. The molecule has 1 saturated heterocycles. The number of carboxylic acids is 1. The van der Waals surface area contributed by atoms with E-state index in [-0.39, 0.29) is 5.56 Å². The third kappa shape index (κ3) is 2.92. The number of anilines is 1. The van der Waals surface area contributed by atoms with Gasteiger partial charge in [-0.25, -0.2) is 14.8 Å². The number of benzene rings is 1. The Labute approximate surface area is 148 Å². The molecule has 1 aliphatic heterocycles. The monoisotopic (exact) mass is 358 g/mol. The van der Waals surface area contributed by atoms with Crippen LogP contribution < -0.4 is 4.90 Å². The standard InChI is InChI=1S/C17H15ClN4O3/c18-22-10-14(16(23)24)13-7-11(1-2-15(13)22)12-8-19-17(20-9-12)21-3-5-25-6-4-21/h1-2,7-10H,3-6H2,(H,23,24). The Balaban J connectivity index is 1.69. The Morgan fingerprint density at radius 2 is 1.88 bits per heavy atom. The molecule has 3 heterocycles. The smallest absolute Gasteiger partial charge is 0.337 e. The summed E-state index contributed by atoms with van der Waals surface area (Å²) >= 11 is 6.04. The van der Waals surface area contributed by atoms with Crippen LogP contribution in [-0.2, 0) is 4.74 Å². The van der Waals surface area contributed by atoms with Crippen molar-refractivity contribution >= 4 is 34.6 Å². The lowest BCUT2D eigenvalue weighted by molar-refractivity contribution is 0.0699. The first-order valence-electron chi connectivity index (χ1n) is 7.83. The number of carbonyl (C=O) groups is 1. The fourth-order valence-corrected chi connectivity index (χ4v) is 3.18. The average molecular weight is 359 g/mol. The maximum absolute atomic E-state index is 11.4. The van der Waals surface area contributed by atoms with E-state index in [1.165, 1.54) is 10.3 Å². The van der Waals surface area contributed by atoms with Crippen LogP contribution in [0.3, 0.4) is 0 Å². The van der Waals surface area contributed by atoms with Gasteiger partial charge in [0.25, 0.3) is 0 Å². The van der Waals surface area contributed by atoms with Gasteiger partial charge in [-0.3, -0.25) is 4.09 Å². The number of nitrogens with zero attached hydrogens (tertiary/aromatic N) is 4. The Morgan fingerprint density at radius 3 is 2.56 bits per heavy atom. The van der Waals surface area contributed by atoms with Gasteiger partial charge in [-0.15, -0.1) is 0 Å². The van der Waals surface area contributed by atoms with Crippen molar-refractivity contribution in [3.8, 4) is 11.1 Å². The molecule has 1 aromatic carbocycles. The van der Waals surface area contributed by atoms with Crippen molar-refractivity contribution in [2.75, 3.05) is 31.2 Å². The van der Waals surface area contributed by atoms with Crippen molar-refractivity contribution in [2.45, 2.75) is 0 Å². The molecule has 0 unspecified atom stereocenters. The predicted octanol–water partition coefficient (Wildman–Crippen LogP) is 2.64. The Morgan fingerprint density at radius 1 is 1.16 bits per heavy atom. The second-order valence-corrected chi connectivity index (χ2v) is 6.13. The van der Waals surface area contributed by atoms with Crippen molar-refractivity contribution in [3.63, 3.8) is 0 Å². The topological polar surface area (TPSA) is 80.5 Å². The minimum absolute atomic E-state index is 0.165. The highest BCUT2D eigenvalue weighted by atomic mass is 35.5. The number of halogens is 1. The summed E-state index contributed by atoms with van der Waals surface area (Å²) in [5.74, 6) is -0.341. The van der Waals surface area contributed by atoms with Crippen LogP contribution in [0.25, 0.3) is 22.0 Å². The van der Waals surface area contributed by atoms with E-state index in [2.05, 4.69) is 14.9 Å². The first kappa shape index (κ1) is 15.9. The number of carboxylic acid groups (broad SMARTS) is 1. The van der Waals surface area contributed by atoms with Gasteiger partial charge in [0.15, 0.2) is 0 Å². The van der Waals surface area contributed by atoms with Gasteiger partial charge in [0, 0.05) is 54.4 Å². The lowest BCUT2D eigenvalue weighted by atomic mass is 10.1. The van der Waals surface area contributed by atoms with Crippen molar-refractivity contribution in [2.24, 2.45) is 0 Å². The summed E-state index contributed by atoms with van der Waals surface area (Å²) < 4.78 is 6.62. The first-order valence-corrected chi connectivity index (χ1v) is 8.17. The van der Waals surface area contributed by atoms with E-state index in [1.807, 2.05) is 6.07 Å². The molecule has 8 heteroatoms. The summed E-state index contributed by atoms with van der Waals surface area (Å²) in [5.41, 5.74) is 2.47. The van der Waals surface area contributed by atoms with Crippen LogP contribution in [0, 0.1) is 0 Å². The number of hydrogen-bond donors (Lipinski definition) is 1. The van der Waals surface area contributed by atoms with Gasteiger partial charge in [-0.05, 0) is 17.7 Å². The number of hydrogen-bond acceptors (Lipinski definition) is 5. The molecule has 0 radical (unpaired) electrons. The summed E-state index contributed by atoms with van der Waals surface area (Å²) in [5, 5.41) is 9.91. The summed E-state index contributed by atoms with van der Waals surface area (Å²) in [6.45, 7) is 2.90. The zero-order valence-electron chi connectivity index (χ0n) is 13.2. The van der Waals surface area contributed by atoms with E-state index in [0.717, 1.165) is 24.2 Å². The Kier molecular flexibility index (Phi) is 4.03. The molecule has 1 N–H and O–H groups in total. The molecule has 2 aromatic heterocycles. The van der Waals surface area contributed by atoms with Crippen LogP contribution in [0.5, 0.6) is 0 Å². The summed E-state index contributed by atoms with van der Waals surface area (Å²) in [6, 6.07) is 5.46. The van der Waals surface area contributed by atoms with Crippen molar-refractivity contribution in [1.82, 2.24) is 14.1 Å². The lowest BCUT2D eigenvalue weighted by Crippen LogP contribution is -2.37. The molecule has 25 heavy (non-hydrogen) atoms. The van der Waals surface area contributed by atoms with Gasteiger partial charge in [-0.1, -0.05) is 6.07 Å². The van der Waals surface area contributed by atoms with E-state index in [4.69, 9.17) is 16.5 Å². The fourth-order valence-electron chi connectivity index (χ4n) is 2.94. The molecule has 1 aliphatic rings. The van der Waals surface area contributed by atoms with Crippen LogP contribution in [0.1, 0.15) is 10.4 Å². The Hall–Kier alpha value is -2.64. The zero-order chi connectivity index (χ0) is 17.4. The van der Waals surface area contributed by atoms with E-state index in [1.54, 1.807) is 24.5 Å². The summed E-state index contributed by atoms with van der Waals surface area (Å²) in [7, 11) is 0. The van der Waals surface area contributed by atoms with Gasteiger partial charge in [0.05, 0.1) is 24.3 Å². The number of rotatable bonds is 3. The predicted molar refractivity (Wildman–Crippen MR) is 94.2 cm³/mol. The van der Waals surface area contributed by atoms with Gasteiger partial charge >= 0.3 is 5.97 Å². The van der Waals surface area contributed by atoms with E-state index < -0.39 is 5.97 Å². The number of aromatic nitrogens is 3. The van der Waals surface area contributed by atoms with Crippen LogP contribution in [-0.4, -0.2) is 51.4 Å². The average Bonchev–Trinajstić information content (AvgIpc) is 2.99. The molecule has 128 valence electrons. The van der Waals surface area contributed by atoms with E-state index in [9.17, 15) is 9.90 Å².